The van der Waals surface area contributed by atoms with Crippen molar-refractivity contribution in [3.05, 3.63) is 81.2 Å². The summed E-state index contributed by atoms with van der Waals surface area (Å²) in [5.41, 5.74) is 4.76. The highest BCUT2D eigenvalue weighted by molar-refractivity contribution is 7.99. The summed E-state index contributed by atoms with van der Waals surface area (Å²) in [6.45, 7) is 0. The van der Waals surface area contributed by atoms with E-state index in [0.717, 1.165) is 55.7 Å². The molecule has 3 aromatic heterocycles. The Labute approximate surface area is 209 Å². The number of aromatic nitrogens is 4. The second-order valence-corrected chi connectivity index (χ2v) is 11.5. The zero-order valence-corrected chi connectivity index (χ0v) is 21.0. The first kappa shape index (κ1) is 21.5. The Morgan fingerprint density at radius 2 is 1.67 bits per heavy atom. The van der Waals surface area contributed by atoms with Crippen LogP contribution in [0.4, 0.5) is 0 Å². The Morgan fingerprint density at radius 3 is 2.55 bits per heavy atom. The van der Waals surface area contributed by atoms with E-state index in [-0.39, 0.29) is 0 Å². The molecule has 0 atom stereocenters. The van der Waals surface area contributed by atoms with E-state index in [1.54, 1.807) is 23.5 Å². The van der Waals surface area contributed by atoms with Crippen LogP contribution >= 0.6 is 46.5 Å². The third kappa shape index (κ3) is 4.16. The molecular formula is C25H21ClN4S3. The Morgan fingerprint density at radius 1 is 0.879 bits per heavy atom. The minimum absolute atomic E-state index is 0.739. The van der Waals surface area contributed by atoms with Gasteiger partial charge in [0.1, 0.15) is 4.83 Å². The number of rotatable bonds is 6. The maximum Gasteiger partial charge on any atom is 0.198 e. The van der Waals surface area contributed by atoms with Crippen molar-refractivity contribution in [1.29, 1.82) is 0 Å². The summed E-state index contributed by atoms with van der Waals surface area (Å²) in [6, 6.07) is 18.5. The molecule has 0 spiro atoms. The fourth-order valence-corrected chi connectivity index (χ4v) is 7.81. The standard InChI is InChI=1S/C25H21ClN4S3/c26-19-12-6-4-10-17(19)15-32-25-29-28-22-21-18-11-5-7-13-20(18)33-23(21)27-24(30(22)25)31-14-16-8-2-1-3-9-16/h1-4,6,8-10,12H,5,7,11,13-15H2. The summed E-state index contributed by atoms with van der Waals surface area (Å²) in [4.78, 5) is 7.73. The molecule has 0 aliphatic heterocycles. The number of hydrogen-bond donors (Lipinski definition) is 0. The van der Waals surface area contributed by atoms with Gasteiger partial charge in [-0.25, -0.2) is 9.38 Å². The van der Waals surface area contributed by atoms with Crippen LogP contribution in [0, 0.1) is 0 Å². The van der Waals surface area contributed by atoms with Crippen molar-refractivity contribution in [3.63, 3.8) is 0 Å². The monoisotopic (exact) mass is 508 g/mol. The summed E-state index contributed by atoms with van der Waals surface area (Å²) in [5, 5.41) is 13.1. The molecule has 2 aromatic carbocycles. The molecule has 166 valence electrons. The van der Waals surface area contributed by atoms with Gasteiger partial charge in [-0.05, 0) is 48.4 Å². The Hall–Kier alpha value is -2.06. The lowest BCUT2D eigenvalue weighted by Crippen LogP contribution is -2.01. The average molecular weight is 509 g/mol. The van der Waals surface area contributed by atoms with E-state index < -0.39 is 0 Å². The molecule has 0 unspecified atom stereocenters. The molecule has 5 aromatic rings. The van der Waals surface area contributed by atoms with Crippen molar-refractivity contribution in [1.82, 2.24) is 19.6 Å². The third-order valence-corrected chi connectivity index (χ3v) is 9.47. The van der Waals surface area contributed by atoms with Crippen LogP contribution in [0.25, 0.3) is 15.9 Å². The molecular weight excluding hydrogens is 488 g/mol. The van der Waals surface area contributed by atoms with Crippen LogP contribution in [-0.2, 0) is 24.3 Å². The minimum atomic E-state index is 0.739. The predicted octanol–water partition coefficient (Wildman–Crippen LogP) is 7.46. The van der Waals surface area contributed by atoms with Gasteiger partial charge in [0.05, 0.1) is 5.39 Å². The molecule has 4 nitrogen and oxygen atoms in total. The second-order valence-electron chi connectivity index (χ2n) is 8.08. The molecule has 1 aliphatic carbocycles. The lowest BCUT2D eigenvalue weighted by molar-refractivity contribution is 0.700. The van der Waals surface area contributed by atoms with E-state index in [0.29, 0.717) is 0 Å². The summed E-state index contributed by atoms with van der Waals surface area (Å²) in [7, 11) is 0. The minimum Gasteiger partial charge on any atom is -0.247 e. The largest absolute Gasteiger partial charge is 0.247 e. The van der Waals surface area contributed by atoms with Gasteiger partial charge in [0.25, 0.3) is 0 Å². The van der Waals surface area contributed by atoms with Gasteiger partial charge in [-0.3, -0.25) is 0 Å². The fraction of sp³-hybridized carbons (Fsp3) is 0.240. The Kier molecular flexibility index (Phi) is 6.05. The molecule has 0 saturated heterocycles. The van der Waals surface area contributed by atoms with Gasteiger partial charge in [-0.15, -0.1) is 21.5 Å². The number of aryl methyl sites for hydroxylation is 2. The van der Waals surface area contributed by atoms with E-state index in [9.17, 15) is 0 Å². The zero-order valence-electron chi connectivity index (χ0n) is 17.8. The maximum absolute atomic E-state index is 6.40. The Balaban J connectivity index is 1.44. The topological polar surface area (TPSA) is 43.1 Å². The van der Waals surface area contributed by atoms with E-state index >= 15 is 0 Å². The van der Waals surface area contributed by atoms with Crippen LogP contribution < -0.4 is 0 Å². The van der Waals surface area contributed by atoms with Gasteiger partial charge in [-0.1, -0.05) is 83.7 Å². The van der Waals surface area contributed by atoms with Crippen LogP contribution in [0.5, 0.6) is 0 Å². The summed E-state index contributed by atoms with van der Waals surface area (Å²) < 4.78 is 2.17. The van der Waals surface area contributed by atoms with Crippen molar-refractivity contribution in [3.8, 4) is 0 Å². The molecule has 0 fully saturated rings. The van der Waals surface area contributed by atoms with Gasteiger partial charge in [0, 0.05) is 21.4 Å². The second kappa shape index (κ2) is 9.29. The van der Waals surface area contributed by atoms with E-state index in [1.165, 1.54) is 34.2 Å². The molecule has 33 heavy (non-hydrogen) atoms. The lowest BCUT2D eigenvalue weighted by Gasteiger charge is -2.11. The third-order valence-electron chi connectivity index (χ3n) is 5.92. The number of hydrogen-bond acceptors (Lipinski definition) is 6. The molecule has 1 aliphatic rings. The normalized spacial score (nSPS) is 13.6. The van der Waals surface area contributed by atoms with Gasteiger partial charge in [0.15, 0.2) is 16.0 Å². The van der Waals surface area contributed by atoms with Gasteiger partial charge < -0.3 is 0 Å². The van der Waals surface area contributed by atoms with Crippen molar-refractivity contribution in [2.24, 2.45) is 0 Å². The first-order valence-electron chi connectivity index (χ1n) is 11.0. The molecule has 0 bridgehead atoms. The molecule has 0 amide bonds. The van der Waals surface area contributed by atoms with E-state index in [1.807, 2.05) is 29.5 Å². The van der Waals surface area contributed by atoms with Gasteiger partial charge in [0.2, 0.25) is 0 Å². The smallest absolute Gasteiger partial charge is 0.198 e. The van der Waals surface area contributed by atoms with Gasteiger partial charge in [-0.2, -0.15) is 0 Å². The van der Waals surface area contributed by atoms with Crippen molar-refractivity contribution < 1.29 is 0 Å². The Bertz CT molecular complexity index is 1440. The molecule has 0 N–H and O–H groups in total. The number of halogens is 1. The number of thiophene rings is 1. The SMILES string of the molecule is Clc1ccccc1CSc1nnc2c3c4c(sc3nc(SCc3ccccc3)n12)CCCC4. The highest BCUT2D eigenvalue weighted by atomic mass is 35.5. The van der Waals surface area contributed by atoms with Crippen LogP contribution in [0.2, 0.25) is 5.02 Å². The molecule has 3 heterocycles. The predicted molar refractivity (Wildman–Crippen MR) is 140 cm³/mol. The molecule has 0 saturated carbocycles. The van der Waals surface area contributed by atoms with Gasteiger partial charge >= 0.3 is 0 Å². The van der Waals surface area contributed by atoms with Crippen LogP contribution in [0.15, 0.2) is 64.9 Å². The summed E-state index contributed by atoms with van der Waals surface area (Å²) in [6.07, 6.45) is 4.75. The molecule has 0 radical (unpaired) electrons. The highest BCUT2D eigenvalue weighted by Gasteiger charge is 2.24. The number of benzene rings is 2. The van der Waals surface area contributed by atoms with E-state index in [2.05, 4.69) is 51.0 Å². The highest BCUT2D eigenvalue weighted by Crippen LogP contribution is 2.40. The number of nitrogens with zero attached hydrogens (tertiary/aromatic N) is 4. The molecule has 8 heteroatoms. The fourth-order valence-electron chi connectivity index (χ4n) is 4.27. The lowest BCUT2D eigenvalue weighted by atomic mass is 9.97. The number of thioether (sulfide) groups is 2. The first-order chi connectivity index (χ1) is 16.3. The summed E-state index contributed by atoms with van der Waals surface area (Å²) in [5.74, 6) is 1.59. The first-order valence-corrected chi connectivity index (χ1v) is 14.2. The molecule has 6 rings (SSSR count). The quantitative estimate of drug-likeness (QED) is 0.176. The zero-order chi connectivity index (χ0) is 22.2. The van der Waals surface area contributed by atoms with Crippen molar-refractivity contribution in [2.45, 2.75) is 47.5 Å². The van der Waals surface area contributed by atoms with Crippen molar-refractivity contribution in [2.75, 3.05) is 0 Å². The number of fused-ring (bicyclic) bond motifs is 5. The van der Waals surface area contributed by atoms with E-state index in [4.69, 9.17) is 16.6 Å². The van der Waals surface area contributed by atoms with Crippen molar-refractivity contribution >= 4 is 62.3 Å². The van der Waals surface area contributed by atoms with Crippen LogP contribution in [0.3, 0.4) is 0 Å². The maximum atomic E-state index is 6.40. The summed E-state index contributed by atoms with van der Waals surface area (Å²) >= 11 is 11.7. The van der Waals surface area contributed by atoms with Crippen LogP contribution in [-0.4, -0.2) is 19.6 Å². The average Bonchev–Trinajstić information content (AvgIpc) is 3.44. The van der Waals surface area contributed by atoms with Crippen LogP contribution in [0.1, 0.15) is 34.4 Å².